The number of anilines is 1. The molecule has 1 unspecified atom stereocenters. The Bertz CT molecular complexity index is 985. The summed E-state index contributed by atoms with van der Waals surface area (Å²) in [7, 11) is 0. The zero-order chi connectivity index (χ0) is 20.9. The van der Waals surface area contributed by atoms with Crippen LogP contribution in [0.25, 0.3) is 10.8 Å². The van der Waals surface area contributed by atoms with Gasteiger partial charge in [-0.3, -0.25) is 4.90 Å². The van der Waals surface area contributed by atoms with Crippen molar-refractivity contribution >= 4 is 33.8 Å². The molecular formula is C26H31N3S. The van der Waals surface area contributed by atoms with Gasteiger partial charge in [0.05, 0.1) is 0 Å². The normalized spacial score (nSPS) is 15.9. The summed E-state index contributed by atoms with van der Waals surface area (Å²) in [4.78, 5) is 4.82. The summed E-state index contributed by atoms with van der Waals surface area (Å²) in [6.07, 6.45) is 1.16. The second-order valence-corrected chi connectivity index (χ2v) is 8.65. The maximum atomic E-state index is 5.69. The van der Waals surface area contributed by atoms with Crippen LogP contribution < -0.4 is 5.32 Å². The largest absolute Gasteiger partial charge is 0.346 e. The van der Waals surface area contributed by atoms with Crippen molar-refractivity contribution in [3.8, 4) is 0 Å². The fourth-order valence-electron chi connectivity index (χ4n) is 4.11. The van der Waals surface area contributed by atoms with Crippen molar-refractivity contribution in [3.63, 3.8) is 0 Å². The quantitative estimate of drug-likeness (QED) is 0.523. The van der Waals surface area contributed by atoms with Gasteiger partial charge in [-0.1, -0.05) is 68.4 Å². The Morgan fingerprint density at radius 3 is 2.37 bits per heavy atom. The minimum absolute atomic E-state index is 0.598. The van der Waals surface area contributed by atoms with Crippen molar-refractivity contribution < 1.29 is 0 Å². The van der Waals surface area contributed by atoms with Crippen LogP contribution in [0.5, 0.6) is 0 Å². The minimum atomic E-state index is 0.598. The lowest BCUT2D eigenvalue weighted by Gasteiger charge is -2.36. The van der Waals surface area contributed by atoms with Crippen LogP contribution in [0, 0.1) is 0 Å². The number of piperazine rings is 1. The lowest BCUT2D eigenvalue weighted by molar-refractivity contribution is 0.177. The fourth-order valence-corrected chi connectivity index (χ4v) is 4.41. The summed E-state index contributed by atoms with van der Waals surface area (Å²) in [6, 6.07) is 24.0. The average molecular weight is 418 g/mol. The third-order valence-corrected chi connectivity index (χ3v) is 6.64. The maximum Gasteiger partial charge on any atom is 0.173 e. The molecule has 3 aromatic carbocycles. The zero-order valence-corrected chi connectivity index (χ0v) is 18.8. The van der Waals surface area contributed by atoms with Gasteiger partial charge >= 0.3 is 0 Å². The van der Waals surface area contributed by atoms with E-state index in [-0.39, 0.29) is 0 Å². The first-order valence-electron chi connectivity index (χ1n) is 11.0. The Labute approximate surface area is 185 Å². The van der Waals surface area contributed by atoms with Gasteiger partial charge in [-0.2, -0.15) is 0 Å². The number of hydrogen-bond acceptors (Lipinski definition) is 2. The van der Waals surface area contributed by atoms with E-state index >= 15 is 0 Å². The first-order chi connectivity index (χ1) is 14.6. The molecule has 0 aliphatic carbocycles. The molecule has 0 saturated carbocycles. The van der Waals surface area contributed by atoms with E-state index in [2.05, 4.69) is 95.7 Å². The van der Waals surface area contributed by atoms with Crippen molar-refractivity contribution in [1.82, 2.24) is 9.80 Å². The number of thiocarbonyl (C=S) groups is 1. The van der Waals surface area contributed by atoms with E-state index in [1.165, 1.54) is 21.9 Å². The molecule has 1 saturated heterocycles. The number of nitrogens with zero attached hydrogens (tertiary/aromatic N) is 2. The van der Waals surface area contributed by atoms with E-state index < -0.39 is 0 Å². The highest BCUT2D eigenvalue weighted by Gasteiger charge is 2.19. The summed E-state index contributed by atoms with van der Waals surface area (Å²) >= 11 is 5.69. The summed E-state index contributed by atoms with van der Waals surface area (Å²) in [5, 5.41) is 6.93. The number of rotatable bonds is 5. The molecule has 3 nitrogen and oxygen atoms in total. The minimum Gasteiger partial charge on any atom is -0.346 e. The van der Waals surface area contributed by atoms with Gasteiger partial charge in [0.1, 0.15) is 0 Å². The van der Waals surface area contributed by atoms with Gasteiger partial charge in [0.2, 0.25) is 0 Å². The third kappa shape index (κ3) is 4.82. The van der Waals surface area contributed by atoms with Gasteiger partial charge in [0.25, 0.3) is 0 Å². The number of benzene rings is 3. The van der Waals surface area contributed by atoms with Crippen LogP contribution in [0.4, 0.5) is 5.69 Å². The Hall–Kier alpha value is -2.43. The van der Waals surface area contributed by atoms with Gasteiger partial charge in [0.15, 0.2) is 5.11 Å². The topological polar surface area (TPSA) is 18.5 Å². The van der Waals surface area contributed by atoms with Crippen LogP contribution >= 0.6 is 12.2 Å². The predicted molar refractivity (Wildman–Crippen MR) is 132 cm³/mol. The molecule has 4 rings (SSSR count). The van der Waals surface area contributed by atoms with Crippen LogP contribution in [0.3, 0.4) is 0 Å². The molecule has 1 heterocycles. The Kier molecular flexibility index (Phi) is 6.66. The fraction of sp³-hybridized carbons (Fsp3) is 0.346. The second kappa shape index (κ2) is 9.59. The molecule has 0 aromatic heterocycles. The van der Waals surface area contributed by atoms with E-state index in [1.807, 2.05) is 0 Å². The highest BCUT2D eigenvalue weighted by Crippen LogP contribution is 2.22. The van der Waals surface area contributed by atoms with E-state index in [1.54, 1.807) is 0 Å². The Morgan fingerprint density at radius 2 is 1.63 bits per heavy atom. The van der Waals surface area contributed by atoms with Gasteiger partial charge in [0, 0.05) is 38.4 Å². The number of fused-ring (bicyclic) bond motifs is 1. The molecule has 1 atom stereocenters. The van der Waals surface area contributed by atoms with Crippen molar-refractivity contribution in [2.45, 2.75) is 32.7 Å². The van der Waals surface area contributed by atoms with E-state index in [9.17, 15) is 0 Å². The molecule has 156 valence electrons. The first kappa shape index (κ1) is 20.8. The highest BCUT2D eigenvalue weighted by molar-refractivity contribution is 7.80. The Balaban J connectivity index is 1.31. The molecule has 1 aliphatic heterocycles. The summed E-state index contributed by atoms with van der Waals surface area (Å²) in [5.74, 6) is 0.598. The molecular weight excluding hydrogens is 386 g/mol. The van der Waals surface area contributed by atoms with E-state index in [0.29, 0.717) is 5.92 Å². The molecule has 0 spiro atoms. The first-order valence-corrected chi connectivity index (χ1v) is 11.4. The standard InChI is InChI=1S/C26H31N3S/c1-3-20(2)21-11-13-24(14-12-21)27-26(30)29-17-15-28(16-18-29)19-23-9-6-8-22-7-4-5-10-25(22)23/h4-14,20H,3,15-19H2,1-2H3,(H,27,30). The van der Waals surface area contributed by atoms with Crippen LogP contribution in [0.1, 0.15) is 37.3 Å². The molecule has 1 fully saturated rings. The summed E-state index contributed by atoms with van der Waals surface area (Å²) < 4.78 is 0. The number of nitrogens with one attached hydrogen (secondary N) is 1. The van der Waals surface area contributed by atoms with Crippen molar-refractivity contribution in [2.75, 3.05) is 31.5 Å². The zero-order valence-electron chi connectivity index (χ0n) is 18.0. The van der Waals surface area contributed by atoms with Crippen LogP contribution in [0.15, 0.2) is 66.7 Å². The van der Waals surface area contributed by atoms with E-state index in [0.717, 1.165) is 49.9 Å². The Morgan fingerprint density at radius 1 is 0.933 bits per heavy atom. The lowest BCUT2D eigenvalue weighted by Crippen LogP contribution is -2.49. The SMILES string of the molecule is CCC(C)c1ccc(NC(=S)N2CCN(Cc3cccc4ccccc34)CC2)cc1. The van der Waals surface area contributed by atoms with Crippen molar-refractivity contribution in [3.05, 3.63) is 77.9 Å². The molecule has 3 aromatic rings. The predicted octanol–water partition coefficient (Wildman–Crippen LogP) is 5.87. The number of hydrogen-bond donors (Lipinski definition) is 1. The highest BCUT2D eigenvalue weighted by atomic mass is 32.1. The van der Waals surface area contributed by atoms with Gasteiger partial charge in [-0.05, 0) is 58.6 Å². The third-order valence-electron chi connectivity index (χ3n) is 6.28. The molecule has 4 heteroatoms. The van der Waals surface area contributed by atoms with Crippen LogP contribution in [-0.2, 0) is 6.54 Å². The van der Waals surface area contributed by atoms with Gasteiger partial charge < -0.3 is 10.2 Å². The molecule has 1 N–H and O–H groups in total. The second-order valence-electron chi connectivity index (χ2n) is 8.26. The van der Waals surface area contributed by atoms with Gasteiger partial charge in [-0.15, -0.1) is 0 Å². The molecule has 1 aliphatic rings. The molecule has 0 radical (unpaired) electrons. The monoisotopic (exact) mass is 417 g/mol. The lowest BCUT2D eigenvalue weighted by atomic mass is 9.99. The smallest absolute Gasteiger partial charge is 0.173 e. The molecule has 30 heavy (non-hydrogen) atoms. The molecule has 0 bridgehead atoms. The summed E-state index contributed by atoms with van der Waals surface area (Å²) in [6.45, 7) is 9.46. The van der Waals surface area contributed by atoms with Crippen molar-refractivity contribution in [1.29, 1.82) is 0 Å². The van der Waals surface area contributed by atoms with Crippen LogP contribution in [0.2, 0.25) is 0 Å². The average Bonchev–Trinajstić information content (AvgIpc) is 2.80. The van der Waals surface area contributed by atoms with E-state index in [4.69, 9.17) is 12.2 Å². The molecule has 0 amide bonds. The van der Waals surface area contributed by atoms with Crippen LogP contribution in [-0.4, -0.2) is 41.1 Å². The van der Waals surface area contributed by atoms with Gasteiger partial charge in [-0.25, -0.2) is 0 Å². The summed E-state index contributed by atoms with van der Waals surface area (Å²) in [5.41, 5.74) is 3.87. The van der Waals surface area contributed by atoms with Crippen molar-refractivity contribution in [2.24, 2.45) is 0 Å². The maximum absolute atomic E-state index is 5.69.